The maximum atomic E-state index is 5.71. The van der Waals surface area contributed by atoms with Gasteiger partial charge in [-0.1, -0.05) is 11.6 Å². The number of hydrogen-bond donors (Lipinski definition) is 0. The molecule has 2 heterocycles. The number of hydrogen-bond acceptors (Lipinski definition) is 3. The smallest absolute Gasteiger partial charge is 0.137 e. The summed E-state index contributed by atoms with van der Waals surface area (Å²) in [4.78, 5) is 8.12. The summed E-state index contributed by atoms with van der Waals surface area (Å²) in [5.41, 5.74) is 0.820. The Morgan fingerprint density at radius 1 is 1.23 bits per heavy atom. The van der Waals surface area contributed by atoms with Crippen molar-refractivity contribution in [1.82, 2.24) is 9.97 Å². The third kappa shape index (κ3) is 1.55. The monoisotopic (exact) mass is 194 g/mol. The highest BCUT2D eigenvalue weighted by molar-refractivity contribution is 6.29. The molecule has 3 nitrogen and oxygen atoms in total. The summed E-state index contributed by atoms with van der Waals surface area (Å²) in [6.45, 7) is 0. The molecule has 0 bridgehead atoms. The van der Waals surface area contributed by atoms with Crippen LogP contribution in [-0.2, 0) is 0 Å². The molecule has 0 saturated carbocycles. The molecule has 13 heavy (non-hydrogen) atoms. The maximum absolute atomic E-state index is 5.71. The molecule has 0 aliphatic heterocycles. The Balaban J connectivity index is 2.66. The van der Waals surface area contributed by atoms with Crippen LogP contribution in [0.5, 0.6) is 5.75 Å². The van der Waals surface area contributed by atoms with Gasteiger partial charge in [-0.05, 0) is 6.07 Å². The van der Waals surface area contributed by atoms with Crippen molar-refractivity contribution in [3.63, 3.8) is 0 Å². The van der Waals surface area contributed by atoms with Crippen molar-refractivity contribution in [1.29, 1.82) is 0 Å². The first-order valence-corrected chi connectivity index (χ1v) is 4.12. The molecule has 0 unspecified atom stereocenters. The first kappa shape index (κ1) is 8.26. The van der Waals surface area contributed by atoms with Gasteiger partial charge in [0.25, 0.3) is 0 Å². The molecular weight excluding hydrogens is 188 g/mol. The van der Waals surface area contributed by atoms with Crippen LogP contribution in [0.25, 0.3) is 10.9 Å². The zero-order chi connectivity index (χ0) is 9.26. The topological polar surface area (TPSA) is 35.0 Å². The summed E-state index contributed by atoms with van der Waals surface area (Å²) >= 11 is 5.71. The van der Waals surface area contributed by atoms with Crippen LogP contribution >= 0.6 is 11.6 Å². The fraction of sp³-hybridized carbons (Fsp3) is 0.111. The fourth-order valence-corrected chi connectivity index (χ4v) is 1.24. The van der Waals surface area contributed by atoms with Crippen LogP contribution in [0.15, 0.2) is 24.5 Å². The first-order valence-electron chi connectivity index (χ1n) is 3.75. The number of methoxy groups -OCH3 is 1. The van der Waals surface area contributed by atoms with Gasteiger partial charge in [-0.15, -0.1) is 0 Å². The van der Waals surface area contributed by atoms with Gasteiger partial charge in [-0.25, -0.2) is 4.98 Å². The van der Waals surface area contributed by atoms with E-state index in [1.807, 2.05) is 6.07 Å². The Labute approximate surface area is 80.3 Å². The van der Waals surface area contributed by atoms with E-state index in [2.05, 4.69) is 9.97 Å². The van der Waals surface area contributed by atoms with E-state index in [1.165, 1.54) is 0 Å². The van der Waals surface area contributed by atoms with Gasteiger partial charge in [0.05, 0.1) is 18.8 Å². The van der Waals surface area contributed by atoms with E-state index in [0.29, 0.717) is 5.15 Å². The number of halogens is 1. The second-order valence-corrected chi connectivity index (χ2v) is 2.96. The molecule has 0 aliphatic rings. The Morgan fingerprint density at radius 2 is 2.08 bits per heavy atom. The predicted molar refractivity (Wildman–Crippen MR) is 51.1 cm³/mol. The number of aromatic nitrogens is 2. The summed E-state index contributed by atoms with van der Waals surface area (Å²) in [7, 11) is 1.60. The number of fused-ring (bicyclic) bond motifs is 1. The Morgan fingerprint density at radius 3 is 2.85 bits per heavy atom. The van der Waals surface area contributed by atoms with Gasteiger partial charge in [0.15, 0.2) is 0 Å². The van der Waals surface area contributed by atoms with Crippen LogP contribution in [0.1, 0.15) is 0 Å². The number of nitrogens with zero attached hydrogens (tertiary/aromatic N) is 2. The quantitative estimate of drug-likeness (QED) is 0.654. The highest BCUT2D eigenvalue weighted by atomic mass is 35.5. The second-order valence-electron chi connectivity index (χ2n) is 2.57. The van der Waals surface area contributed by atoms with Crippen LogP contribution in [0.2, 0.25) is 5.15 Å². The predicted octanol–water partition coefficient (Wildman–Crippen LogP) is 2.29. The van der Waals surface area contributed by atoms with Gasteiger partial charge in [0, 0.05) is 17.6 Å². The molecule has 0 N–H and O–H groups in total. The van der Waals surface area contributed by atoms with E-state index in [9.17, 15) is 0 Å². The minimum atomic E-state index is 0.449. The lowest BCUT2D eigenvalue weighted by atomic mass is 10.3. The maximum Gasteiger partial charge on any atom is 0.137 e. The molecule has 4 heteroatoms. The van der Waals surface area contributed by atoms with Crippen LogP contribution in [0.4, 0.5) is 0 Å². The van der Waals surface area contributed by atoms with Crippen molar-refractivity contribution in [2.45, 2.75) is 0 Å². The van der Waals surface area contributed by atoms with Gasteiger partial charge < -0.3 is 4.74 Å². The van der Waals surface area contributed by atoms with Crippen molar-refractivity contribution in [2.75, 3.05) is 7.11 Å². The van der Waals surface area contributed by atoms with Gasteiger partial charge in [-0.2, -0.15) is 0 Å². The van der Waals surface area contributed by atoms with E-state index < -0.39 is 0 Å². The van der Waals surface area contributed by atoms with Crippen molar-refractivity contribution in [3.05, 3.63) is 29.7 Å². The van der Waals surface area contributed by atoms with Gasteiger partial charge in [-0.3, -0.25) is 4.98 Å². The minimum absolute atomic E-state index is 0.449. The summed E-state index contributed by atoms with van der Waals surface area (Å²) in [5, 5.41) is 1.37. The molecule has 0 amide bonds. The summed E-state index contributed by atoms with van der Waals surface area (Å²) in [6.07, 6.45) is 3.33. The zero-order valence-corrected chi connectivity index (χ0v) is 7.75. The number of pyridine rings is 2. The summed E-state index contributed by atoms with van der Waals surface area (Å²) < 4.78 is 5.03. The average Bonchev–Trinajstić information content (AvgIpc) is 2.17. The summed E-state index contributed by atoms with van der Waals surface area (Å²) in [6, 6.07) is 3.59. The third-order valence-electron chi connectivity index (χ3n) is 1.74. The van der Waals surface area contributed by atoms with Crippen molar-refractivity contribution < 1.29 is 4.74 Å². The van der Waals surface area contributed by atoms with E-state index in [4.69, 9.17) is 16.3 Å². The molecule has 0 saturated heterocycles. The lowest BCUT2D eigenvalue weighted by molar-refractivity contribution is 0.414. The molecular formula is C9H7ClN2O. The molecule has 0 spiro atoms. The van der Waals surface area contributed by atoms with E-state index in [-0.39, 0.29) is 0 Å². The minimum Gasteiger partial charge on any atom is -0.495 e. The van der Waals surface area contributed by atoms with E-state index >= 15 is 0 Å². The SMILES string of the molecule is COc1cnc2cc(Cl)ncc2c1. The standard InChI is InChI=1S/C9H7ClN2O/c1-13-7-2-6-4-12-9(10)3-8(6)11-5-7/h2-5H,1H3. The van der Waals surface area contributed by atoms with E-state index in [1.54, 1.807) is 25.6 Å². The van der Waals surface area contributed by atoms with Gasteiger partial charge >= 0.3 is 0 Å². The number of rotatable bonds is 1. The van der Waals surface area contributed by atoms with Gasteiger partial charge in [0.1, 0.15) is 10.9 Å². The Kier molecular flexibility index (Phi) is 2.02. The molecule has 0 aromatic carbocycles. The summed E-state index contributed by atoms with van der Waals surface area (Å²) in [5.74, 6) is 0.719. The van der Waals surface area contributed by atoms with E-state index in [0.717, 1.165) is 16.7 Å². The number of ether oxygens (including phenoxy) is 1. The lowest BCUT2D eigenvalue weighted by Crippen LogP contribution is -1.86. The van der Waals surface area contributed by atoms with Crippen molar-refractivity contribution >= 4 is 22.5 Å². The highest BCUT2D eigenvalue weighted by Gasteiger charge is 1.98. The highest BCUT2D eigenvalue weighted by Crippen LogP contribution is 2.19. The fourth-order valence-electron chi connectivity index (χ4n) is 1.09. The average molecular weight is 195 g/mol. The van der Waals surface area contributed by atoms with Crippen LogP contribution in [-0.4, -0.2) is 17.1 Å². The molecule has 0 atom stereocenters. The molecule has 2 aromatic heterocycles. The van der Waals surface area contributed by atoms with Crippen molar-refractivity contribution in [2.24, 2.45) is 0 Å². The normalized spacial score (nSPS) is 10.3. The lowest BCUT2D eigenvalue weighted by Gasteiger charge is -2.00. The van der Waals surface area contributed by atoms with Crippen LogP contribution < -0.4 is 4.74 Å². The molecule has 0 aliphatic carbocycles. The van der Waals surface area contributed by atoms with Crippen LogP contribution in [0.3, 0.4) is 0 Å². The molecule has 0 radical (unpaired) electrons. The van der Waals surface area contributed by atoms with Gasteiger partial charge in [0.2, 0.25) is 0 Å². The first-order chi connectivity index (χ1) is 6.29. The third-order valence-corrected chi connectivity index (χ3v) is 1.95. The molecule has 2 aromatic rings. The Hall–Kier alpha value is -1.35. The largest absolute Gasteiger partial charge is 0.495 e. The van der Waals surface area contributed by atoms with Crippen molar-refractivity contribution in [3.8, 4) is 5.75 Å². The molecule has 2 rings (SSSR count). The molecule has 66 valence electrons. The Bertz CT molecular complexity index is 445. The zero-order valence-electron chi connectivity index (χ0n) is 6.99. The van der Waals surface area contributed by atoms with Crippen LogP contribution in [0, 0.1) is 0 Å². The molecule has 0 fully saturated rings. The second kappa shape index (κ2) is 3.18.